The van der Waals surface area contributed by atoms with E-state index >= 15 is 0 Å². The lowest BCUT2D eigenvalue weighted by Gasteiger charge is -2.14. The first-order chi connectivity index (χ1) is 14.6. The van der Waals surface area contributed by atoms with Crippen molar-refractivity contribution in [1.29, 1.82) is 0 Å². The number of benzene rings is 2. The Morgan fingerprint density at radius 2 is 1.70 bits per heavy atom. The van der Waals surface area contributed by atoms with E-state index in [2.05, 4.69) is 42.1 Å². The number of aromatic nitrogens is 2. The number of nitrogens with one attached hydrogen (secondary N) is 3. The van der Waals surface area contributed by atoms with Gasteiger partial charge in [0.25, 0.3) is 5.91 Å². The molecule has 0 aliphatic heterocycles. The summed E-state index contributed by atoms with van der Waals surface area (Å²) in [7, 11) is 0. The van der Waals surface area contributed by atoms with Crippen LogP contribution in [0.5, 0.6) is 0 Å². The standard InChI is InChI=1S/C22H16BrN5OS/c23-16-8-10-17(11-9-16)25-22(30)28-27-21(29)18-13-15-7-4-12-24-20(15)26-19(18)14-5-2-1-3-6-14/h1-13H,(H,27,29)(H2,25,28,30). The highest BCUT2D eigenvalue weighted by atomic mass is 79.9. The van der Waals surface area contributed by atoms with E-state index in [-0.39, 0.29) is 11.0 Å². The Hall–Kier alpha value is -3.36. The van der Waals surface area contributed by atoms with Gasteiger partial charge in [0.15, 0.2) is 10.8 Å². The van der Waals surface area contributed by atoms with Crippen LogP contribution in [0, 0.1) is 0 Å². The van der Waals surface area contributed by atoms with Gasteiger partial charge in [-0.05, 0) is 54.7 Å². The number of rotatable bonds is 3. The summed E-state index contributed by atoms with van der Waals surface area (Å²) in [5.41, 5.74) is 8.55. The number of carbonyl (C=O) groups excluding carboxylic acids is 1. The van der Waals surface area contributed by atoms with Gasteiger partial charge in [-0.1, -0.05) is 46.3 Å². The van der Waals surface area contributed by atoms with Crippen LogP contribution in [0.3, 0.4) is 0 Å². The number of nitrogens with zero attached hydrogens (tertiary/aromatic N) is 2. The molecule has 4 aromatic rings. The average molecular weight is 478 g/mol. The second-order valence-corrected chi connectivity index (χ2v) is 7.66. The minimum atomic E-state index is -0.355. The highest BCUT2D eigenvalue weighted by Crippen LogP contribution is 2.24. The predicted octanol–water partition coefficient (Wildman–Crippen LogP) is 4.69. The largest absolute Gasteiger partial charge is 0.331 e. The smallest absolute Gasteiger partial charge is 0.271 e. The van der Waals surface area contributed by atoms with Gasteiger partial charge in [0.2, 0.25) is 0 Å². The highest BCUT2D eigenvalue weighted by molar-refractivity contribution is 9.10. The molecule has 0 aliphatic carbocycles. The van der Waals surface area contributed by atoms with E-state index in [1.165, 1.54) is 0 Å². The molecule has 0 bridgehead atoms. The molecule has 3 N–H and O–H groups in total. The summed E-state index contributed by atoms with van der Waals surface area (Å²) in [6.07, 6.45) is 1.68. The Balaban J connectivity index is 1.56. The van der Waals surface area contributed by atoms with E-state index in [0.717, 1.165) is 21.1 Å². The quantitative estimate of drug-likeness (QED) is 0.293. The van der Waals surface area contributed by atoms with Crippen molar-refractivity contribution in [3.8, 4) is 11.3 Å². The summed E-state index contributed by atoms with van der Waals surface area (Å²) >= 11 is 8.65. The fraction of sp³-hybridized carbons (Fsp3) is 0. The third kappa shape index (κ3) is 4.61. The van der Waals surface area contributed by atoms with E-state index < -0.39 is 0 Å². The van der Waals surface area contributed by atoms with Gasteiger partial charge in [-0.25, -0.2) is 9.97 Å². The number of fused-ring (bicyclic) bond motifs is 1. The summed E-state index contributed by atoms with van der Waals surface area (Å²) in [4.78, 5) is 21.9. The first-order valence-corrected chi connectivity index (χ1v) is 10.2. The van der Waals surface area contributed by atoms with Crippen molar-refractivity contribution in [3.63, 3.8) is 0 Å². The summed E-state index contributed by atoms with van der Waals surface area (Å²) in [5.74, 6) is -0.355. The molecule has 2 heterocycles. The molecule has 8 heteroatoms. The van der Waals surface area contributed by atoms with Gasteiger partial charge in [0.1, 0.15) is 0 Å². The lowest BCUT2D eigenvalue weighted by atomic mass is 10.0. The second kappa shape index (κ2) is 8.98. The molecule has 148 valence electrons. The number of anilines is 1. The Labute approximate surface area is 186 Å². The van der Waals surface area contributed by atoms with E-state index in [0.29, 0.717) is 16.9 Å². The van der Waals surface area contributed by atoms with Crippen LogP contribution in [-0.2, 0) is 0 Å². The van der Waals surface area contributed by atoms with Crippen LogP contribution < -0.4 is 16.2 Å². The molecule has 0 spiro atoms. The molecule has 0 saturated heterocycles. The molecule has 0 saturated carbocycles. The monoisotopic (exact) mass is 477 g/mol. The van der Waals surface area contributed by atoms with Gasteiger partial charge in [-0.15, -0.1) is 0 Å². The van der Waals surface area contributed by atoms with Crippen LogP contribution in [0.4, 0.5) is 5.69 Å². The lowest BCUT2D eigenvalue weighted by molar-refractivity contribution is 0.0944. The van der Waals surface area contributed by atoms with Crippen LogP contribution in [0.1, 0.15) is 10.4 Å². The van der Waals surface area contributed by atoms with Crippen LogP contribution in [-0.4, -0.2) is 21.0 Å². The molecule has 2 aromatic heterocycles. The van der Waals surface area contributed by atoms with Crippen LogP contribution in [0.25, 0.3) is 22.3 Å². The van der Waals surface area contributed by atoms with E-state index in [4.69, 9.17) is 12.2 Å². The number of hydrogen-bond donors (Lipinski definition) is 3. The van der Waals surface area contributed by atoms with Crippen LogP contribution in [0.2, 0.25) is 0 Å². The molecule has 0 radical (unpaired) electrons. The molecule has 0 atom stereocenters. The number of hydrogen-bond acceptors (Lipinski definition) is 4. The maximum Gasteiger partial charge on any atom is 0.271 e. The van der Waals surface area contributed by atoms with Gasteiger partial charge in [-0.2, -0.15) is 0 Å². The van der Waals surface area contributed by atoms with Crippen LogP contribution in [0.15, 0.2) is 83.5 Å². The van der Waals surface area contributed by atoms with Gasteiger partial charge in [0.05, 0.1) is 11.3 Å². The topological polar surface area (TPSA) is 78.9 Å². The first kappa shape index (κ1) is 19.9. The minimum absolute atomic E-state index is 0.266. The van der Waals surface area contributed by atoms with Crippen molar-refractivity contribution in [2.75, 3.05) is 5.32 Å². The molecule has 6 nitrogen and oxygen atoms in total. The summed E-state index contributed by atoms with van der Waals surface area (Å²) < 4.78 is 0.965. The van der Waals surface area contributed by atoms with Crippen LogP contribution >= 0.6 is 28.1 Å². The molecule has 0 aliphatic rings. The van der Waals surface area contributed by atoms with Crippen molar-refractivity contribution in [3.05, 3.63) is 89.0 Å². The second-order valence-electron chi connectivity index (χ2n) is 6.34. The highest BCUT2D eigenvalue weighted by Gasteiger charge is 2.16. The SMILES string of the molecule is O=C(NNC(=S)Nc1ccc(Br)cc1)c1cc2cccnc2nc1-c1ccccc1. The fourth-order valence-corrected chi connectivity index (χ4v) is 3.30. The van der Waals surface area contributed by atoms with Crippen molar-refractivity contribution in [2.24, 2.45) is 0 Å². The molecular weight excluding hydrogens is 462 g/mol. The zero-order chi connectivity index (χ0) is 20.9. The zero-order valence-corrected chi connectivity index (χ0v) is 18.0. The molecule has 4 rings (SSSR count). The molecule has 2 aromatic carbocycles. The molecule has 1 amide bonds. The molecular formula is C22H16BrN5OS. The maximum absolute atomic E-state index is 13.0. The van der Waals surface area contributed by atoms with E-state index in [1.807, 2.05) is 66.7 Å². The van der Waals surface area contributed by atoms with Crippen molar-refractivity contribution in [1.82, 2.24) is 20.8 Å². The normalized spacial score (nSPS) is 10.4. The molecule has 0 unspecified atom stereocenters. The Kier molecular flexibility index (Phi) is 5.97. The fourth-order valence-electron chi connectivity index (χ4n) is 2.87. The lowest BCUT2D eigenvalue weighted by Crippen LogP contribution is -2.44. The number of thiocarbonyl (C=S) groups is 1. The number of halogens is 1. The van der Waals surface area contributed by atoms with E-state index in [9.17, 15) is 4.79 Å². The van der Waals surface area contributed by atoms with Crippen molar-refractivity contribution < 1.29 is 4.79 Å². The number of pyridine rings is 2. The first-order valence-electron chi connectivity index (χ1n) is 9.04. The summed E-state index contributed by atoms with van der Waals surface area (Å²) in [6.45, 7) is 0. The van der Waals surface area contributed by atoms with Crippen molar-refractivity contribution in [2.45, 2.75) is 0 Å². The van der Waals surface area contributed by atoms with Crippen molar-refractivity contribution >= 4 is 55.9 Å². The average Bonchev–Trinajstić information content (AvgIpc) is 2.78. The Morgan fingerprint density at radius 1 is 0.933 bits per heavy atom. The third-order valence-corrected chi connectivity index (χ3v) is 5.01. The van der Waals surface area contributed by atoms with Gasteiger partial charge >= 0.3 is 0 Å². The molecule has 30 heavy (non-hydrogen) atoms. The van der Waals surface area contributed by atoms with Gasteiger partial charge in [-0.3, -0.25) is 15.6 Å². The number of carbonyl (C=O) groups is 1. The third-order valence-electron chi connectivity index (χ3n) is 4.27. The number of hydrazine groups is 1. The Bertz CT molecular complexity index is 1220. The molecule has 0 fully saturated rings. The Morgan fingerprint density at radius 3 is 2.47 bits per heavy atom. The predicted molar refractivity (Wildman–Crippen MR) is 126 cm³/mol. The van der Waals surface area contributed by atoms with Gasteiger partial charge in [0, 0.05) is 27.3 Å². The van der Waals surface area contributed by atoms with Gasteiger partial charge < -0.3 is 5.32 Å². The summed E-state index contributed by atoms with van der Waals surface area (Å²) in [5, 5.41) is 4.05. The maximum atomic E-state index is 13.0. The number of amides is 1. The zero-order valence-electron chi connectivity index (χ0n) is 15.6. The summed E-state index contributed by atoms with van der Waals surface area (Å²) in [6, 6.07) is 22.5. The van der Waals surface area contributed by atoms with E-state index in [1.54, 1.807) is 12.3 Å². The minimum Gasteiger partial charge on any atom is -0.331 e.